The summed E-state index contributed by atoms with van der Waals surface area (Å²) in [7, 11) is 0. The Balaban J connectivity index is 1.25. The molecule has 6 nitrogen and oxygen atoms in total. The van der Waals surface area contributed by atoms with Crippen molar-refractivity contribution in [2.24, 2.45) is 0 Å². The van der Waals surface area contributed by atoms with Gasteiger partial charge in [-0.3, -0.25) is 19.4 Å². The highest BCUT2D eigenvalue weighted by Gasteiger charge is 2.31. The van der Waals surface area contributed by atoms with E-state index in [2.05, 4.69) is 26.5 Å². The number of amides is 1. The molecule has 1 amide bonds. The fourth-order valence-electron chi connectivity index (χ4n) is 4.73. The van der Waals surface area contributed by atoms with Gasteiger partial charge in [0, 0.05) is 69.1 Å². The van der Waals surface area contributed by atoms with Crippen LogP contribution in [0, 0.1) is 0 Å². The molecule has 29 heavy (non-hydrogen) atoms. The average molecular weight is 399 g/mol. The number of hydrogen-bond donors (Lipinski definition) is 0. The van der Waals surface area contributed by atoms with Gasteiger partial charge >= 0.3 is 0 Å². The van der Waals surface area contributed by atoms with E-state index in [9.17, 15) is 9.59 Å². The van der Waals surface area contributed by atoms with Gasteiger partial charge in [-0.05, 0) is 51.0 Å². The number of carbonyl (C=O) groups is 2. The van der Waals surface area contributed by atoms with E-state index in [0.717, 1.165) is 63.1 Å². The normalized spacial score (nSPS) is 24.4. The van der Waals surface area contributed by atoms with Crippen molar-refractivity contribution in [1.82, 2.24) is 14.7 Å². The van der Waals surface area contributed by atoms with Gasteiger partial charge < -0.3 is 9.80 Å². The van der Waals surface area contributed by atoms with E-state index in [1.807, 2.05) is 24.3 Å². The Kier molecular flexibility index (Phi) is 6.20. The maximum atomic E-state index is 12.8. The summed E-state index contributed by atoms with van der Waals surface area (Å²) in [6, 6.07) is 8.99. The SMILES string of the molecule is CC(=O)c1ccc(N2CCN(CC(=O)N3CCN(C4CCC4)CC3)C(C)C2)cc1. The molecule has 0 N–H and O–H groups in total. The van der Waals surface area contributed by atoms with E-state index >= 15 is 0 Å². The molecule has 6 heteroatoms. The van der Waals surface area contributed by atoms with Crippen LogP contribution in [0.1, 0.15) is 43.5 Å². The molecule has 2 heterocycles. The van der Waals surface area contributed by atoms with Crippen LogP contribution in [0.2, 0.25) is 0 Å². The number of rotatable bonds is 5. The average Bonchev–Trinajstić information content (AvgIpc) is 2.69. The molecule has 2 aliphatic heterocycles. The predicted octanol–water partition coefficient (Wildman–Crippen LogP) is 2.10. The van der Waals surface area contributed by atoms with E-state index in [-0.39, 0.29) is 11.7 Å². The number of piperazine rings is 2. The quantitative estimate of drug-likeness (QED) is 0.711. The van der Waals surface area contributed by atoms with Gasteiger partial charge in [-0.15, -0.1) is 0 Å². The first kappa shape index (κ1) is 20.4. The lowest BCUT2D eigenvalue weighted by Gasteiger charge is -2.44. The van der Waals surface area contributed by atoms with E-state index in [4.69, 9.17) is 0 Å². The van der Waals surface area contributed by atoms with Gasteiger partial charge in [0.05, 0.1) is 6.54 Å². The van der Waals surface area contributed by atoms with E-state index in [1.54, 1.807) is 6.92 Å². The van der Waals surface area contributed by atoms with Crippen LogP contribution in [-0.2, 0) is 4.79 Å². The molecule has 4 rings (SSSR count). The number of hydrogen-bond acceptors (Lipinski definition) is 5. The van der Waals surface area contributed by atoms with Gasteiger partial charge in [0.15, 0.2) is 5.78 Å². The highest BCUT2D eigenvalue weighted by Crippen LogP contribution is 2.25. The standard InChI is InChI=1S/C23H34N4O2/c1-18-16-27(22-8-6-20(7-9-22)19(2)28)15-14-26(18)17-23(29)25-12-10-24(11-13-25)21-4-3-5-21/h6-9,18,21H,3-5,10-17H2,1-2H3. The van der Waals surface area contributed by atoms with Crippen LogP contribution in [0.5, 0.6) is 0 Å². The Morgan fingerprint density at radius 3 is 2.21 bits per heavy atom. The molecular weight excluding hydrogens is 364 g/mol. The van der Waals surface area contributed by atoms with Crippen LogP contribution >= 0.6 is 0 Å². The van der Waals surface area contributed by atoms with E-state index in [1.165, 1.54) is 19.3 Å². The lowest BCUT2D eigenvalue weighted by molar-refractivity contribution is -0.135. The topological polar surface area (TPSA) is 47.1 Å². The fourth-order valence-corrected chi connectivity index (χ4v) is 4.73. The van der Waals surface area contributed by atoms with Gasteiger partial charge in [-0.1, -0.05) is 6.42 Å². The van der Waals surface area contributed by atoms with Crippen molar-refractivity contribution in [2.45, 2.75) is 45.2 Å². The molecule has 2 saturated heterocycles. The zero-order chi connectivity index (χ0) is 20.4. The van der Waals surface area contributed by atoms with E-state index in [0.29, 0.717) is 12.6 Å². The minimum absolute atomic E-state index is 0.0989. The molecule has 0 bridgehead atoms. The summed E-state index contributed by atoms with van der Waals surface area (Å²) < 4.78 is 0. The van der Waals surface area contributed by atoms with Crippen molar-refractivity contribution in [1.29, 1.82) is 0 Å². The van der Waals surface area contributed by atoms with Gasteiger partial charge in [0.2, 0.25) is 5.91 Å². The Morgan fingerprint density at radius 2 is 1.66 bits per heavy atom. The van der Waals surface area contributed by atoms with Crippen molar-refractivity contribution < 1.29 is 9.59 Å². The largest absolute Gasteiger partial charge is 0.369 e. The Bertz CT molecular complexity index is 723. The summed E-state index contributed by atoms with van der Waals surface area (Å²) >= 11 is 0. The monoisotopic (exact) mass is 398 g/mol. The summed E-state index contributed by atoms with van der Waals surface area (Å²) in [5.74, 6) is 0.381. The predicted molar refractivity (Wildman–Crippen MR) is 115 cm³/mol. The molecule has 0 spiro atoms. The third-order valence-electron chi connectivity index (χ3n) is 7.00. The van der Waals surface area contributed by atoms with Crippen molar-refractivity contribution in [3.05, 3.63) is 29.8 Å². The first-order valence-corrected chi connectivity index (χ1v) is 11.1. The van der Waals surface area contributed by atoms with Gasteiger partial charge in [0.25, 0.3) is 0 Å². The zero-order valence-electron chi connectivity index (χ0n) is 17.8. The second kappa shape index (κ2) is 8.84. The molecule has 3 fully saturated rings. The molecule has 1 aromatic rings. The lowest BCUT2D eigenvalue weighted by atomic mass is 9.91. The van der Waals surface area contributed by atoms with Crippen molar-refractivity contribution >= 4 is 17.4 Å². The molecule has 158 valence electrons. The summed E-state index contributed by atoms with van der Waals surface area (Å²) in [6.45, 7) is 10.9. The molecule has 1 unspecified atom stereocenters. The van der Waals surface area contributed by atoms with Crippen molar-refractivity contribution in [2.75, 3.05) is 57.3 Å². The Labute approximate surface area is 174 Å². The van der Waals surface area contributed by atoms with Gasteiger partial charge in [-0.2, -0.15) is 0 Å². The van der Waals surface area contributed by atoms with Crippen LogP contribution in [-0.4, -0.2) is 90.8 Å². The second-order valence-corrected chi connectivity index (χ2v) is 8.87. The number of benzene rings is 1. The van der Waals surface area contributed by atoms with Gasteiger partial charge in [0.1, 0.15) is 0 Å². The van der Waals surface area contributed by atoms with E-state index < -0.39 is 0 Å². The summed E-state index contributed by atoms with van der Waals surface area (Å²) in [5, 5.41) is 0. The highest BCUT2D eigenvalue weighted by atomic mass is 16.2. The summed E-state index contributed by atoms with van der Waals surface area (Å²) in [6.07, 6.45) is 4.05. The molecule has 0 aromatic heterocycles. The third-order valence-corrected chi connectivity index (χ3v) is 7.00. The molecule has 1 atom stereocenters. The molecular formula is C23H34N4O2. The molecule has 0 radical (unpaired) electrons. The van der Waals surface area contributed by atoms with Gasteiger partial charge in [-0.25, -0.2) is 0 Å². The van der Waals surface area contributed by atoms with Crippen LogP contribution in [0.25, 0.3) is 0 Å². The molecule has 1 saturated carbocycles. The Hall–Kier alpha value is -1.92. The van der Waals surface area contributed by atoms with Crippen LogP contribution in [0.3, 0.4) is 0 Å². The summed E-state index contributed by atoms with van der Waals surface area (Å²) in [4.78, 5) is 33.6. The minimum Gasteiger partial charge on any atom is -0.369 e. The maximum absolute atomic E-state index is 12.8. The van der Waals surface area contributed by atoms with Crippen LogP contribution < -0.4 is 4.90 Å². The highest BCUT2D eigenvalue weighted by molar-refractivity contribution is 5.94. The molecule has 1 aliphatic carbocycles. The smallest absolute Gasteiger partial charge is 0.236 e. The number of ketones is 1. The first-order chi connectivity index (χ1) is 14.0. The first-order valence-electron chi connectivity index (χ1n) is 11.1. The molecule has 3 aliphatic rings. The number of carbonyl (C=O) groups excluding carboxylic acids is 2. The maximum Gasteiger partial charge on any atom is 0.236 e. The second-order valence-electron chi connectivity index (χ2n) is 8.87. The lowest BCUT2D eigenvalue weighted by Crippen LogP contribution is -2.57. The summed E-state index contributed by atoms with van der Waals surface area (Å²) in [5.41, 5.74) is 1.91. The Morgan fingerprint density at radius 1 is 0.966 bits per heavy atom. The van der Waals surface area contributed by atoms with Crippen molar-refractivity contribution in [3.8, 4) is 0 Å². The number of nitrogens with zero attached hydrogens (tertiary/aromatic N) is 4. The minimum atomic E-state index is 0.0989. The number of Topliss-reactive ketones (excluding diaryl/α,β-unsaturated/α-hetero) is 1. The molecule has 1 aromatic carbocycles. The fraction of sp³-hybridized carbons (Fsp3) is 0.652. The van der Waals surface area contributed by atoms with Crippen molar-refractivity contribution in [3.63, 3.8) is 0 Å². The number of anilines is 1. The third kappa shape index (κ3) is 4.64. The van der Waals surface area contributed by atoms with Crippen LogP contribution in [0.15, 0.2) is 24.3 Å². The van der Waals surface area contributed by atoms with Crippen LogP contribution in [0.4, 0.5) is 5.69 Å². The zero-order valence-corrected chi connectivity index (χ0v) is 17.8.